The highest BCUT2D eigenvalue weighted by Gasteiger charge is 2.14. The van der Waals surface area contributed by atoms with Gasteiger partial charge >= 0.3 is 0 Å². The quantitative estimate of drug-likeness (QED) is 0.506. The van der Waals surface area contributed by atoms with Crippen LogP contribution < -0.4 is 0 Å². The Morgan fingerprint density at radius 1 is 1.04 bits per heavy atom. The molecule has 0 spiro atoms. The van der Waals surface area contributed by atoms with Gasteiger partial charge in [0, 0.05) is 28.8 Å². The normalized spacial score (nSPS) is 13.3. The van der Waals surface area contributed by atoms with Crippen LogP contribution in [0.2, 0.25) is 5.15 Å². The molecule has 24 heavy (non-hydrogen) atoms. The lowest BCUT2D eigenvalue weighted by Gasteiger charge is -2.07. The lowest BCUT2D eigenvalue weighted by Crippen LogP contribution is -1.97. The van der Waals surface area contributed by atoms with E-state index in [9.17, 15) is 0 Å². The molecule has 5 heteroatoms. The standard InChI is InChI=1S/C19H11ClN4/c20-18-15(12-5-2-1-3-6-12)9-14-11-21-17-10-16(13-7-4-8-13)23-24(17)19(14)22-18/h1-11H. The number of benzene rings is 1. The van der Waals surface area contributed by atoms with Crippen LogP contribution in [-0.2, 0) is 0 Å². The first-order valence-electron chi connectivity index (χ1n) is 7.59. The number of nitrogens with zero attached hydrogens (tertiary/aromatic N) is 4. The molecule has 3 heterocycles. The van der Waals surface area contributed by atoms with Crippen molar-refractivity contribution in [1.29, 1.82) is 0 Å². The molecule has 4 nitrogen and oxygen atoms in total. The van der Waals surface area contributed by atoms with E-state index in [0.29, 0.717) is 10.8 Å². The highest BCUT2D eigenvalue weighted by atomic mass is 35.5. The fraction of sp³-hybridized carbons (Fsp3) is 0. The number of allylic oxidation sites excluding steroid dienone is 4. The summed E-state index contributed by atoms with van der Waals surface area (Å²) in [5.74, 6) is 0. The Bertz CT molecular complexity index is 1160. The van der Waals surface area contributed by atoms with Crippen molar-refractivity contribution in [3.05, 3.63) is 77.7 Å². The summed E-state index contributed by atoms with van der Waals surface area (Å²) >= 11 is 6.45. The third-order valence-electron chi connectivity index (χ3n) is 4.14. The van der Waals surface area contributed by atoms with E-state index in [1.165, 1.54) is 0 Å². The van der Waals surface area contributed by atoms with E-state index in [4.69, 9.17) is 11.6 Å². The smallest absolute Gasteiger partial charge is 0.166 e. The lowest BCUT2D eigenvalue weighted by atomic mass is 10.1. The van der Waals surface area contributed by atoms with Gasteiger partial charge in [-0.3, -0.25) is 0 Å². The van der Waals surface area contributed by atoms with Crippen LogP contribution in [0.3, 0.4) is 0 Å². The number of rotatable bonds is 2. The Kier molecular flexibility index (Phi) is 2.81. The van der Waals surface area contributed by atoms with Gasteiger partial charge in [0.15, 0.2) is 11.3 Å². The van der Waals surface area contributed by atoms with E-state index in [1.807, 2.05) is 66.9 Å². The summed E-state index contributed by atoms with van der Waals surface area (Å²) in [5, 5.41) is 5.98. The van der Waals surface area contributed by atoms with Crippen LogP contribution in [0.1, 0.15) is 5.69 Å². The van der Waals surface area contributed by atoms with Crippen molar-refractivity contribution in [1.82, 2.24) is 19.6 Å². The van der Waals surface area contributed by atoms with E-state index in [0.717, 1.165) is 33.4 Å². The average Bonchev–Trinajstić information content (AvgIpc) is 2.97. The molecule has 0 unspecified atom stereocenters. The van der Waals surface area contributed by atoms with Crippen molar-refractivity contribution < 1.29 is 0 Å². The Hall–Kier alpha value is -2.98. The number of halogens is 1. The first kappa shape index (κ1) is 13.5. The Morgan fingerprint density at radius 2 is 1.88 bits per heavy atom. The van der Waals surface area contributed by atoms with Crippen molar-refractivity contribution in [3.8, 4) is 11.1 Å². The molecule has 0 fully saturated rings. The molecule has 114 valence electrons. The molecule has 5 rings (SSSR count). The van der Waals surface area contributed by atoms with E-state index in [2.05, 4.69) is 15.1 Å². The van der Waals surface area contributed by atoms with Crippen LogP contribution in [-0.4, -0.2) is 19.6 Å². The van der Waals surface area contributed by atoms with Gasteiger partial charge in [0.05, 0.1) is 5.69 Å². The van der Waals surface area contributed by atoms with Crippen LogP contribution in [0.4, 0.5) is 0 Å². The van der Waals surface area contributed by atoms with Crippen molar-refractivity contribution in [3.63, 3.8) is 0 Å². The average molecular weight is 331 g/mol. The van der Waals surface area contributed by atoms with Crippen molar-refractivity contribution >= 4 is 33.9 Å². The minimum atomic E-state index is 0.459. The number of aromatic nitrogens is 4. The molecule has 3 aromatic heterocycles. The molecule has 1 aliphatic rings. The topological polar surface area (TPSA) is 43.1 Å². The predicted octanol–water partition coefficient (Wildman–Crippen LogP) is 4.55. The zero-order chi connectivity index (χ0) is 16.1. The molecule has 0 aliphatic heterocycles. The van der Waals surface area contributed by atoms with E-state index >= 15 is 0 Å². The fourth-order valence-electron chi connectivity index (χ4n) is 2.84. The summed E-state index contributed by atoms with van der Waals surface area (Å²) in [7, 11) is 0. The monoisotopic (exact) mass is 330 g/mol. The number of hydrogen-bond acceptors (Lipinski definition) is 3. The summed E-state index contributed by atoms with van der Waals surface area (Å²) in [6.07, 6.45) is 7.86. The minimum Gasteiger partial charge on any atom is -0.236 e. The van der Waals surface area contributed by atoms with E-state index in [1.54, 1.807) is 4.52 Å². The summed E-state index contributed by atoms with van der Waals surface area (Å²) in [5.41, 5.74) is 5.38. The maximum atomic E-state index is 6.45. The Balaban J connectivity index is 1.75. The molecule has 0 N–H and O–H groups in total. The summed E-state index contributed by atoms with van der Waals surface area (Å²) < 4.78 is 1.75. The molecular weight excluding hydrogens is 320 g/mol. The van der Waals surface area contributed by atoms with Crippen LogP contribution in [0, 0.1) is 0 Å². The number of hydrogen-bond donors (Lipinski definition) is 0. The molecule has 0 amide bonds. The van der Waals surface area contributed by atoms with Gasteiger partial charge in [-0.25, -0.2) is 9.97 Å². The van der Waals surface area contributed by atoms with Crippen LogP contribution in [0.5, 0.6) is 0 Å². The molecule has 0 bridgehead atoms. The SMILES string of the molecule is Clc1nc2c(cnc3cc(C4=CC=C4)nn32)cc1-c1ccccc1. The highest BCUT2D eigenvalue weighted by Crippen LogP contribution is 2.30. The highest BCUT2D eigenvalue weighted by molar-refractivity contribution is 6.32. The molecular formula is C19H11ClN4. The van der Waals surface area contributed by atoms with Gasteiger partial charge in [-0.2, -0.15) is 9.61 Å². The number of fused-ring (bicyclic) bond motifs is 3. The van der Waals surface area contributed by atoms with Gasteiger partial charge in [0.25, 0.3) is 0 Å². The molecule has 1 aromatic carbocycles. The lowest BCUT2D eigenvalue weighted by molar-refractivity contribution is 0.954. The maximum Gasteiger partial charge on any atom is 0.166 e. The number of pyridine rings is 1. The molecule has 1 aliphatic carbocycles. The van der Waals surface area contributed by atoms with Crippen LogP contribution in [0.25, 0.3) is 33.4 Å². The van der Waals surface area contributed by atoms with Crippen molar-refractivity contribution in [2.45, 2.75) is 0 Å². The van der Waals surface area contributed by atoms with Gasteiger partial charge < -0.3 is 0 Å². The Morgan fingerprint density at radius 3 is 2.62 bits per heavy atom. The molecule has 0 saturated heterocycles. The second kappa shape index (κ2) is 5.01. The molecule has 0 saturated carbocycles. The molecule has 4 aromatic rings. The third-order valence-corrected chi connectivity index (χ3v) is 4.43. The van der Waals surface area contributed by atoms with Gasteiger partial charge in [0.1, 0.15) is 5.15 Å². The van der Waals surface area contributed by atoms with Gasteiger partial charge in [-0.1, -0.05) is 60.2 Å². The minimum absolute atomic E-state index is 0.459. The van der Waals surface area contributed by atoms with E-state index in [-0.39, 0.29) is 0 Å². The largest absolute Gasteiger partial charge is 0.236 e. The first-order chi connectivity index (χ1) is 11.8. The zero-order valence-electron chi connectivity index (χ0n) is 12.5. The van der Waals surface area contributed by atoms with Crippen molar-refractivity contribution in [2.24, 2.45) is 0 Å². The second-order valence-corrected chi connectivity index (χ2v) is 6.00. The van der Waals surface area contributed by atoms with Gasteiger partial charge in [0.2, 0.25) is 0 Å². The molecule has 0 atom stereocenters. The van der Waals surface area contributed by atoms with Crippen LogP contribution >= 0.6 is 11.6 Å². The van der Waals surface area contributed by atoms with Crippen molar-refractivity contribution in [2.75, 3.05) is 0 Å². The van der Waals surface area contributed by atoms with Crippen LogP contribution in [0.15, 0.2) is 66.9 Å². The van der Waals surface area contributed by atoms with Gasteiger partial charge in [-0.15, -0.1) is 0 Å². The zero-order valence-corrected chi connectivity index (χ0v) is 13.3. The summed E-state index contributed by atoms with van der Waals surface area (Å²) in [4.78, 5) is 9.09. The first-order valence-corrected chi connectivity index (χ1v) is 7.96. The fourth-order valence-corrected chi connectivity index (χ4v) is 3.08. The summed E-state index contributed by atoms with van der Waals surface area (Å²) in [6.45, 7) is 0. The molecule has 0 radical (unpaired) electrons. The predicted molar refractivity (Wildman–Crippen MR) is 95.9 cm³/mol. The second-order valence-electron chi connectivity index (χ2n) is 5.64. The maximum absolute atomic E-state index is 6.45. The Labute approximate surface area is 142 Å². The van der Waals surface area contributed by atoms with Gasteiger partial charge in [-0.05, 0) is 11.6 Å². The van der Waals surface area contributed by atoms with E-state index < -0.39 is 0 Å². The third kappa shape index (κ3) is 1.97. The summed E-state index contributed by atoms with van der Waals surface area (Å²) in [6, 6.07) is 13.9.